The Morgan fingerprint density at radius 2 is 1.05 bits per heavy atom. The van der Waals surface area contributed by atoms with E-state index in [1.165, 1.54) is 103 Å². The molecule has 20 heavy (non-hydrogen) atoms. The lowest BCUT2D eigenvalue weighted by molar-refractivity contribution is 0.242. The number of nitrogens with zero attached hydrogens (tertiary/aromatic N) is 2. The predicted molar refractivity (Wildman–Crippen MR) is 90.1 cm³/mol. The lowest BCUT2D eigenvalue weighted by atomic mass is 10.1. The Labute approximate surface area is 127 Å². The minimum absolute atomic E-state index is 1.23. The Balaban J connectivity index is 1.79. The van der Waals surface area contributed by atoms with Crippen LogP contribution in [0.1, 0.15) is 84.5 Å². The monoisotopic (exact) mass is 282 g/mol. The molecule has 1 saturated heterocycles. The largest absolute Gasteiger partial charge is 0.289 e. The van der Waals surface area contributed by atoms with E-state index in [2.05, 4.69) is 23.6 Å². The first-order valence-electron chi connectivity index (χ1n) is 9.31. The highest BCUT2D eigenvalue weighted by molar-refractivity contribution is 4.70. The van der Waals surface area contributed by atoms with Gasteiger partial charge in [0.25, 0.3) is 0 Å². The number of rotatable bonds is 13. The first-order valence-corrected chi connectivity index (χ1v) is 9.31. The summed E-state index contributed by atoms with van der Waals surface area (Å²) in [5.41, 5.74) is 0. The molecule has 0 atom stereocenters. The van der Waals surface area contributed by atoms with Gasteiger partial charge in [-0.2, -0.15) is 0 Å². The maximum atomic E-state index is 2.64. The van der Waals surface area contributed by atoms with Crippen molar-refractivity contribution in [2.24, 2.45) is 0 Å². The molecular weight excluding hydrogens is 244 g/mol. The average Bonchev–Trinajstić information content (AvgIpc) is 2.89. The third-order valence-electron chi connectivity index (χ3n) is 4.50. The second-order valence-electron chi connectivity index (χ2n) is 6.56. The average molecular weight is 283 g/mol. The number of hydrogen-bond acceptors (Lipinski definition) is 2. The first kappa shape index (κ1) is 18.0. The quantitative estimate of drug-likeness (QED) is 0.444. The molecule has 0 aliphatic carbocycles. The normalized spacial score (nSPS) is 17.1. The van der Waals surface area contributed by atoms with Crippen molar-refractivity contribution in [3.63, 3.8) is 0 Å². The zero-order chi connectivity index (χ0) is 14.5. The molecule has 2 heteroatoms. The molecule has 2 nitrogen and oxygen atoms in total. The van der Waals surface area contributed by atoms with E-state index in [0.717, 1.165) is 0 Å². The zero-order valence-electron chi connectivity index (χ0n) is 14.2. The van der Waals surface area contributed by atoms with Crippen molar-refractivity contribution in [2.45, 2.75) is 84.5 Å². The third kappa shape index (κ3) is 8.97. The van der Waals surface area contributed by atoms with Crippen molar-refractivity contribution in [3.05, 3.63) is 0 Å². The molecule has 0 aromatic heterocycles. The van der Waals surface area contributed by atoms with Crippen molar-refractivity contribution in [3.8, 4) is 0 Å². The molecule has 1 aliphatic heterocycles. The summed E-state index contributed by atoms with van der Waals surface area (Å²) < 4.78 is 0. The van der Waals surface area contributed by atoms with Crippen LogP contribution in [0.3, 0.4) is 0 Å². The highest BCUT2D eigenvalue weighted by Crippen LogP contribution is 2.12. The smallest absolute Gasteiger partial charge is 0.0507 e. The van der Waals surface area contributed by atoms with Crippen LogP contribution < -0.4 is 0 Å². The van der Waals surface area contributed by atoms with E-state index in [-0.39, 0.29) is 0 Å². The molecule has 0 spiro atoms. The maximum Gasteiger partial charge on any atom is 0.0507 e. The van der Waals surface area contributed by atoms with Crippen LogP contribution in [0.4, 0.5) is 0 Å². The summed E-state index contributed by atoms with van der Waals surface area (Å²) in [7, 11) is 0. The standard InChI is InChI=1S/C18H38N2/c1-3-5-6-7-8-9-10-11-12-13-15-20-17-16-19(18-20)14-4-2/h3-18H2,1-2H3. The summed E-state index contributed by atoms with van der Waals surface area (Å²) in [4.78, 5) is 5.23. The fourth-order valence-corrected chi connectivity index (χ4v) is 3.21. The van der Waals surface area contributed by atoms with Crippen LogP contribution in [0.15, 0.2) is 0 Å². The van der Waals surface area contributed by atoms with E-state index in [4.69, 9.17) is 0 Å². The Morgan fingerprint density at radius 1 is 0.550 bits per heavy atom. The van der Waals surface area contributed by atoms with Crippen molar-refractivity contribution in [1.29, 1.82) is 0 Å². The Morgan fingerprint density at radius 3 is 1.60 bits per heavy atom. The minimum atomic E-state index is 1.23. The van der Waals surface area contributed by atoms with Crippen LogP contribution in [0, 0.1) is 0 Å². The van der Waals surface area contributed by atoms with Gasteiger partial charge in [-0.15, -0.1) is 0 Å². The van der Waals surface area contributed by atoms with Crippen LogP contribution in [0.25, 0.3) is 0 Å². The van der Waals surface area contributed by atoms with Crippen LogP contribution in [0.2, 0.25) is 0 Å². The van der Waals surface area contributed by atoms with E-state index in [9.17, 15) is 0 Å². The van der Waals surface area contributed by atoms with Gasteiger partial charge in [0.15, 0.2) is 0 Å². The molecule has 0 aromatic carbocycles. The fourth-order valence-electron chi connectivity index (χ4n) is 3.21. The van der Waals surface area contributed by atoms with Gasteiger partial charge in [0.05, 0.1) is 6.67 Å². The number of hydrogen-bond donors (Lipinski definition) is 0. The molecule has 0 unspecified atom stereocenters. The van der Waals surface area contributed by atoms with E-state index < -0.39 is 0 Å². The van der Waals surface area contributed by atoms with Crippen LogP contribution in [-0.2, 0) is 0 Å². The second-order valence-corrected chi connectivity index (χ2v) is 6.56. The second kappa shape index (κ2) is 12.6. The lowest BCUT2D eigenvalue weighted by Crippen LogP contribution is -2.26. The van der Waals surface area contributed by atoms with Gasteiger partial charge in [-0.3, -0.25) is 9.80 Å². The minimum Gasteiger partial charge on any atom is -0.289 e. The summed E-state index contributed by atoms with van der Waals surface area (Å²) in [6, 6.07) is 0. The van der Waals surface area contributed by atoms with Crippen molar-refractivity contribution >= 4 is 0 Å². The SMILES string of the molecule is CCCCCCCCCCCCN1CCN(CCC)C1. The zero-order valence-corrected chi connectivity index (χ0v) is 14.2. The van der Waals surface area contributed by atoms with Gasteiger partial charge < -0.3 is 0 Å². The molecular formula is C18H38N2. The molecule has 0 aromatic rings. The first-order chi connectivity index (χ1) is 9.86. The Hall–Kier alpha value is -0.0800. The lowest BCUT2D eigenvalue weighted by Gasteiger charge is -2.17. The highest BCUT2D eigenvalue weighted by Gasteiger charge is 2.17. The highest BCUT2D eigenvalue weighted by atomic mass is 15.4. The maximum absolute atomic E-state index is 2.64. The molecule has 1 heterocycles. The van der Waals surface area contributed by atoms with Gasteiger partial charge in [0, 0.05) is 13.1 Å². The Kier molecular flexibility index (Phi) is 11.4. The predicted octanol–water partition coefficient (Wildman–Crippen LogP) is 4.89. The van der Waals surface area contributed by atoms with Crippen LogP contribution in [0.5, 0.6) is 0 Å². The molecule has 0 saturated carbocycles. The molecule has 0 N–H and O–H groups in total. The summed E-state index contributed by atoms with van der Waals surface area (Å²) in [5, 5.41) is 0. The van der Waals surface area contributed by atoms with Gasteiger partial charge in [-0.05, 0) is 25.9 Å². The molecule has 1 aliphatic rings. The van der Waals surface area contributed by atoms with Gasteiger partial charge >= 0.3 is 0 Å². The molecule has 120 valence electrons. The van der Waals surface area contributed by atoms with E-state index in [0.29, 0.717) is 0 Å². The summed E-state index contributed by atoms with van der Waals surface area (Å²) in [6.07, 6.45) is 15.7. The fraction of sp³-hybridized carbons (Fsp3) is 1.00. The molecule has 0 amide bonds. The Bertz CT molecular complexity index is 206. The third-order valence-corrected chi connectivity index (χ3v) is 4.50. The van der Waals surface area contributed by atoms with Crippen LogP contribution >= 0.6 is 0 Å². The molecule has 1 fully saturated rings. The van der Waals surface area contributed by atoms with Crippen molar-refractivity contribution in [2.75, 3.05) is 32.8 Å². The summed E-state index contributed by atoms with van der Waals surface area (Å²) >= 11 is 0. The van der Waals surface area contributed by atoms with Crippen molar-refractivity contribution in [1.82, 2.24) is 9.80 Å². The van der Waals surface area contributed by atoms with Crippen molar-refractivity contribution < 1.29 is 0 Å². The number of unbranched alkanes of at least 4 members (excludes halogenated alkanes) is 9. The molecule has 1 rings (SSSR count). The van der Waals surface area contributed by atoms with E-state index >= 15 is 0 Å². The van der Waals surface area contributed by atoms with Crippen LogP contribution in [-0.4, -0.2) is 42.6 Å². The van der Waals surface area contributed by atoms with E-state index in [1.54, 1.807) is 0 Å². The topological polar surface area (TPSA) is 6.48 Å². The van der Waals surface area contributed by atoms with E-state index in [1.807, 2.05) is 0 Å². The molecule has 0 radical (unpaired) electrons. The summed E-state index contributed by atoms with van der Waals surface area (Å²) in [5.74, 6) is 0. The molecule has 0 bridgehead atoms. The van der Waals surface area contributed by atoms with Gasteiger partial charge in [-0.25, -0.2) is 0 Å². The van der Waals surface area contributed by atoms with Gasteiger partial charge in [0.2, 0.25) is 0 Å². The summed E-state index contributed by atoms with van der Waals surface area (Å²) in [6.45, 7) is 11.0. The van der Waals surface area contributed by atoms with Gasteiger partial charge in [0.1, 0.15) is 0 Å². The van der Waals surface area contributed by atoms with Gasteiger partial charge in [-0.1, -0.05) is 71.6 Å².